The predicted octanol–water partition coefficient (Wildman–Crippen LogP) is 11.8. The van der Waals surface area contributed by atoms with Gasteiger partial charge in [-0.1, -0.05) is 36.4 Å². The second-order valence-electron chi connectivity index (χ2n) is 12.7. The molecule has 0 fully saturated rings. The summed E-state index contributed by atoms with van der Waals surface area (Å²) in [7, 11) is 0. The van der Waals surface area contributed by atoms with Gasteiger partial charge in [-0.25, -0.2) is 31.9 Å². The number of hydrogen-bond donors (Lipinski definition) is 2. The van der Waals surface area contributed by atoms with E-state index in [1.807, 2.05) is 42.5 Å². The van der Waals surface area contributed by atoms with Crippen LogP contribution in [0.2, 0.25) is 0 Å². The lowest BCUT2D eigenvalue weighted by atomic mass is 9.91. The molecule has 0 unspecified atom stereocenters. The molecule has 256 valence electrons. The second-order valence-corrected chi connectivity index (χ2v) is 12.7. The third-order valence-electron chi connectivity index (χ3n) is 9.24. The molecule has 2 aliphatic rings. The van der Waals surface area contributed by atoms with E-state index in [1.165, 1.54) is 48.5 Å². The van der Waals surface area contributed by atoms with Crippen LogP contribution < -0.4 is 0 Å². The summed E-state index contributed by atoms with van der Waals surface area (Å²) in [4.78, 5) is 16.8. The average molecular weight is 705 g/mol. The monoisotopic (exact) mass is 704 g/mol. The first-order chi connectivity index (χ1) is 25.8. The van der Waals surface area contributed by atoms with Crippen LogP contribution >= 0.6 is 0 Å². The van der Waals surface area contributed by atoms with Crippen molar-refractivity contribution < 1.29 is 22.0 Å². The van der Waals surface area contributed by atoms with Crippen molar-refractivity contribution in [3.05, 3.63) is 179 Å². The molecule has 0 saturated carbocycles. The molecule has 0 spiro atoms. The van der Waals surface area contributed by atoms with Crippen molar-refractivity contribution in [1.82, 2.24) is 19.9 Å². The number of hydrogen-bond acceptors (Lipinski definition) is 2. The van der Waals surface area contributed by atoms with Crippen LogP contribution in [0.25, 0.3) is 79.2 Å². The first-order valence-electron chi connectivity index (χ1n) is 16.7. The minimum atomic E-state index is -0.796. The Hall–Kier alpha value is -6.87. The van der Waals surface area contributed by atoms with Crippen molar-refractivity contribution in [1.29, 1.82) is 0 Å². The number of aromatic amines is 2. The highest BCUT2D eigenvalue weighted by Gasteiger charge is 2.26. The van der Waals surface area contributed by atoms with Gasteiger partial charge in [-0.15, -0.1) is 0 Å². The molecule has 0 amide bonds. The molecule has 0 atom stereocenters. The molecule has 4 aromatic carbocycles. The van der Waals surface area contributed by atoms with Crippen molar-refractivity contribution >= 4 is 45.9 Å². The van der Waals surface area contributed by atoms with Crippen molar-refractivity contribution in [2.75, 3.05) is 0 Å². The highest BCUT2D eigenvalue weighted by atomic mass is 19.1. The van der Waals surface area contributed by atoms with Gasteiger partial charge >= 0.3 is 0 Å². The third-order valence-corrected chi connectivity index (χ3v) is 9.24. The largest absolute Gasteiger partial charge is 0.355 e. The molecule has 5 heterocycles. The average Bonchev–Trinajstić information content (AvgIpc) is 3.95. The standard InChI is InChI=1S/C44H25F5N4/c45-27-7-1-24(2-8-27)40-39-23-34-17-16-32(51-34)20-31-14-15-33(50-31)21-35-22-37(36-18-13-30(48)19-38(36)49)43(52-35)42(26-5-11-29(47)12-6-26)44(53-39)41(40)25-3-9-28(46)10-4-25/h1-23,50,53H. The fourth-order valence-corrected chi connectivity index (χ4v) is 6.89. The Balaban J connectivity index is 1.54. The quantitative estimate of drug-likeness (QED) is 0.179. The van der Waals surface area contributed by atoms with Gasteiger partial charge in [0.1, 0.15) is 29.1 Å². The number of benzene rings is 4. The zero-order valence-electron chi connectivity index (χ0n) is 27.6. The fourth-order valence-electron chi connectivity index (χ4n) is 6.89. The van der Waals surface area contributed by atoms with Crippen LogP contribution in [-0.4, -0.2) is 19.9 Å². The maximum atomic E-state index is 15.8. The molecule has 2 aliphatic heterocycles. The van der Waals surface area contributed by atoms with E-state index in [0.717, 1.165) is 11.6 Å². The first-order valence-corrected chi connectivity index (χ1v) is 16.7. The van der Waals surface area contributed by atoms with Gasteiger partial charge in [-0.05, 0) is 114 Å². The van der Waals surface area contributed by atoms with Crippen LogP contribution in [0.4, 0.5) is 22.0 Å². The van der Waals surface area contributed by atoms with Crippen LogP contribution in [0, 0.1) is 29.1 Å². The lowest BCUT2D eigenvalue weighted by Crippen LogP contribution is -1.96. The van der Waals surface area contributed by atoms with E-state index in [4.69, 9.17) is 9.97 Å². The molecular weight excluding hydrogens is 680 g/mol. The van der Waals surface area contributed by atoms with E-state index in [9.17, 15) is 17.6 Å². The number of aromatic nitrogens is 4. The molecule has 0 saturated heterocycles. The van der Waals surface area contributed by atoms with Gasteiger partial charge in [0.25, 0.3) is 0 Å². The summed E-state index contributed by atoms with van der Waals surface area (Å²) in [6.45, 7) is 0. The van der Waals surface area contributed by atoms with Crippen molar-refractivity contribution in [3.8, 4) is 33.4 Å². The summed E-state index contributed by atoms with van der Waals surface area (Å²) in [5.41, 5.74) is 8.57. The summed E-state index contributed by atoms with van der Waals surface area (Å²) in [6, 6.07) is 30.5. The van der Waals surface area contributed by atoms with Gasteiger partial charge < -0.3 is 9.97 Å². The number of fused-ring (bicyclic) bond motifs is 8. The Morgan fingerprint density at radius 3 is 1.57 bits per heavy atom. The molecule has 0 radical (unpaired) electrons. The molecular formula is C44H25F5N4. The lowest BCUT2D eigenvalue weighted by Gasteiger charge is -2.13. The smallest absolute Gasteiger partial charge is 0.134 e. The molecule has 0 aliphatic carbocycles. The van der Waals surface area contributed by atoms with Crippen LogP contribution in [0.5, 0.6) is 0 Å². The van der Waals surface area contributed by atoms with Gasteiger partial charge in [0.15, 0.2) is 0 Å². The van der Waals surface area contributed by atoms with Crippen LogP contribution in [0.1, 0.15) is 28.3 Å². The van der Waals surface area contributed by atoms with Gasteiger partial charge in [0.2, 0.25) is 0 Å². The molecule has 53 heavy (non-hydrogen) atoms. The maximum absolute atomic E-state index is 15.8. The number of halogens is 5. The van der Waals surface area contributed by atoms with Crippen LogP contribution in [0.15, 0.2) is 121 Å². The Bertz CT molecular complexity index is 2810. The Kier molecular flexibility index (Phi) is 7.69. The van der Waals surface area contributed by atoms with Crippen LogP contribution in [0.3, 0.4) is 0 Å². The van der Waals surface area contributed by atoms with Crippen LogP contribution in [-0.2, 0) is 0 Å². The summed E-state index contributed by atoms with van der Waals surface area (Å²) in [5.74, 6) is -2.88. The van der Waals surface area contributed by atoms with E-state index < -0.39 is 29.1 Å². The Morgan fingerprint density at radius 1 is 0.434 bits per heavy atom. The van der Waals surface area contributed by atoms with Crippen molar-refractivity contribution in [2.45, 2.75) is 0 Å². The molecule has 3 aromatic heterocycles. The van der Waals surface area contributed by atoms with E-state index in [0.29, 0.717) is 78.3 Å². The van der Waals surface area contributed by atoms with Crippen molar-refractivity contribution in [2.24, 2.45) is 0 Å². The molecule has 2 N–H and O–H groups in total. The SMILES string of the molecule is Fc1ccc(-c2c(-c3ccc(F)cc3)c3[nH]c2cc2nc(cc4ccc(cc5nc(c3-c3ccc(F)cc3)C(c3ccc(F)cc3F)=C5)[nH]4)C=C2)cc1. The fraction of sp³-hybridized carbons (Fsp3) is 0. The number of nitrogens with one attached hydrogen (secondary N) is 2. The number of nitrogens with zero attached hydrogens (tertiary/aromatic N) is 2. The molecule has 9 heteroatoms. The summed E-state index contributed by atoms with van der Waals surface area (Å²) >= 11 is 0. The van der Waals surface area contributed by atoms with Crippen molar-refractivity contribution in [3.63, 3.8) is 0 Å². The minimum Gasteiger partial charge on any atom is -0.355 e. The maximum Gasteiger partial charge on any atom is 0.134 e. The molecule has 4 nitrogen and oxygen atoms in total. The number of H-pyrrole nitrogens is 2. The number of rotatable bonds is 4. The van der Waals surface area contributed by atoms with Gasteiger partial charge in [-0.3, -0.25) is 0 Å². The summed E-state index contributed by atoms with van der Waals surface area (Å²) in [6.07, 6.45) is 5.48. The van der Waals surface area contributed by atoms with E-state index in [2.05, 4.69) is 9.97 Å². The molecule has 9 rings (SSSR count). The predicted molar refractivity (Wildman–Crippen MR) is 199 cm³/mol. The van der Waals surface area contributed by atoms with Gasteiger partial charge in [-0.2, -0.15) is 0 Å². The van der Waals surface area contributed by atoms with E-state index in [-0.39, 0.29) is 5.56 Å². The van der Waals surface area contributed by atoms with Gasteiger partial charge in [0, 0.05) is 50.4 Å². The zero-order valence-corrected chi connectivity index (χ0v) is 27.6. The third kappa shape index (κ3) is 6.02. The second kappa shape index (κ2) is 12.7. The first kappa shape index (κ1) is 32.1. The topological polar surface area (TPSA) is 57.4 Å². The summed E-state index contributed by atoms with van der Waals surface area (Å²) < 4.78 is 73.5. The highest BCUT2D eigenvalue weighted by Crippen LogP contribution is 2.46. The summed E-state index contributed by atoms with van der Waals surface area (Å²) in [5, 5.41) is 0. The van der Waals surface area contributed by atoms with Gasteiger partial charge in [0.05, 0.1) is 28.3 Å². The normalized spacial score (nSPS) is 12.3. The van der Waals surface area contributed by atoms with E-state index >= 15 is 4.39 Å². The zero-order chi connectivity index (χ0) is 36.2. The Labute approximate surface area is 299 Å². The van der Waals surface area contributed by atoms with E-state index in [1.54, 1.807) is 42.5 Å². The highest BCUT2D eigenvalue weighted by molar-refractivity contribution is 6.10. The lowest BCUT2D eigenvalue weighted by molar-refractivity contribution is 0.581. The molecule has 7 aromatic rings. The molecule has 8 bridgehead atoms. The Morgan fingerprint density at radius 2 is 0.962 bits per heavy atom. The minimum absolute atomic E-state index is 0.0974.